The lowest BCUT2D eigenvalue weighted by atomic mass is 10.1. The molecule has 21 heavy (non-hydrogen) atoms. The Kier molecular flexibility index (Phi) is 4.45. The molecule has 1 aliphatic heterocycles. The summed E-state index contributed by atoms with van der Waals surface area (Å²) >= 11 is 0. The van der Waals surface area contributed by atoms with Crippen molar-refractivity contribution in [2.45, 2.75) is 23.8 Å². The molecule has 0 amide bonds. The van der Waals surface area contributed by atoms with E-state index in [0.717, 1.165) is 32.0 Å². The monoisotopic (exact) mass is 314 g/mol. The summed E-state index contributed by atoms with van der Waals surface area (Å²) in [5.41, 5.74) is 0.111. The van der Waals surface area contributed by atoms with E-state index in [0.29, 0.717) is 5.69 Å². The van der Waals surface area contributed by atoms with E-state index in [1.165, 1.54) is 12.1 Å². The SMILES string of the molecule is CN1CCC(Nc2cc([N+](=O)[O-])cc(S(N)(=O)=O)c2)CC1. The molecule has 1 aliphatic rings. The first kappa shape index (κ1) is 15.7. The lowest BCUT2D eigenvalue weighted by Crippen LogP contribution is -2.36. The highest BCUT2D eigenvalue weighted by Gasteiger charge is 2.20. The highest BCUT2D eigenvalue weighted by Crippen LogP contribution is 2.25. The second kappa shape index (κ2) is 5.96. The van der Waals surface area contributed by atoms with Gasteiger partial charge in [0.2, 0.25) is 10.0 Å². The molecule has 8 nitrogen and oxygen atoms in total. The van der Waals surface area contributed by atoms with E-state index < -0.39 is 14.9 Å². The van der Waals surface area contributed by atoms with E-state index in [9.17, 15) is 18.5 Å². The Morgan fingerprint density at radius 3 is 2.48 bits per heavy atom. The van der Waals surface area contributed by atoms with Gasteiger partial charge in [-0.05, 0) is 39.0 Å². The average Bonchev–Trinajstić information content (AvgIpc) is 2.40. The molecule has 0 spiro atoms. The van der Waals surface area contributed by atoms with E-state index in [-0.39, 0.29) is 16.6 Å². The maximum Gasteiger partial charge on any atom is 0.272 e. The van der Waals surface area contributed by atoms with Crippen molar-refractivity contribution in [2.75, 3.05) is 25.5 Å². The zero-order valence-electron chi connectivity index (χ0n) is 11.7. The molecule has 2 rings (SSSR count). The molecule has 0 aliphatic carbocycles. The van der Waals surface area contributed by atoms with Crippen LogP contribution in [-0.2, 0) is 10.0 Å². The molecule has 1 aromatic carbocycles. The van der Waals surface area contributed by atoms with Crippen molar-refractivity contribution < 1.29 is 13.3 Å². The van der Waals surface area contributed by atoms with Gasteiger partial charge in [-0.25, -0.2) is 13.6 Å². The van der Waals surface area contributed by atoms with Crippen LogP contribution >= 0.6 is 0 Å². The lowest BCUT2D eigenvalue weighted by molar-refractivity contribution is -0.385. The molecule has 3 N–H and O–H groups in total. The molecule has 0 bridgehead atoms. The number of nitrogens with two attached hydrogens (primary N) is 1. The summed E-state index contributed by atoms with van der Waals surface area (Å²) in [5, 5.41) is 19.1. The third-order valence-electron chi connectivity index (χ3n) is 3.52. The Labute approximate surface area is 123 Å². The molecule has 1 heterocycles. The summed E-state index contributed by atoms with van der Waals surface area (Å²) in [5.74, 6) is 0. The largest absolute Gasteiger partial charge is 0.382 e. The van der Waals surface area contributed by atoms with Crippen molar-refractivity contribution in [2.24, 2.45) is 5.14 Å². The number of likely N-dealkylation sites (tertiary alicyclic amines) is 1. The first-order valence-electron chi connectivity index (χ1n) is 6.53. The molecule has 0 atom stereocenters. The van der Waals surface area contributed by atoms with Crippen LogP contribution in [0.1, 0.15) is 12.8 Å². The van der Waals surface area contributed by atoms with Gasteiger partial charge in [-0.15, -0.1) is 0 Å². The average molecular weight is 314 g/mol. The predicted octanol–water partition coefficient (Wildman–Crippen LogP) is 0.748. The molecule has 116 valence electrons. The third-order valence-corrected chi connectivity index (χ3v) is 4.41. The number of nitrogens with zero attached hydrogens (tertiary/aromatic N) is 2. The number of rotatable bonds is 4. The van der Waals surface area contributed by atoms with Gasteiger partial charge >= 0.3 is 0 Å². The number of nitro groups is 1. The topological polar surface area (TPSA) is 119 Å². The second-order valence-electron chi connectivity index (χ2n) is 5.24. The minimum atomic E-state index is -3.98. The Balaban J connectivity index is 2.26. The Morgan fingerprint density at radius 2 is 1.95 bits per heavy atom. The van der Waals surface area contributed by atoms with Crippen molar-refractivity contribution in [1.29, 1.82) is 0 Å². The highest BCUT2D eigenvalue weighted by atomic mass is 32.2. The van der Waals surface area contributed by atoms with Crippen LogP contribution in [0.3, 0.4) is 0 Å². The fraction of sp³-hybridized carbons (Fsp3) is 0.500. The van der Waals surface area contributed by atoms with Crippen LogP contribution in [0, 0.1) is 10.1 Å². The summed E-state index contributed by atoms with van der Waals surface area (Å²) in [4.78, 5) is 12.2. The van der Waals surface area contributed by atoms with Crippen molar-refractivity contribution in [1.82, 2.24) is 4.90 Å². The van der Waals surface area contributed by atoms with Crippen molar-refractivity contribution in [3.8, 4) is 0 Å². The maximum absolute atomic E-state index is 11.4. The van der Waals surface area contributed by atoms with Gasteiger partial charge in [0.25, 0.3) is 5.69 Å². The van der Waals surface area contributed by atoms with E-state index in [4.69, 9.17) is 5.14 Å². The van der Waals surface area contributed by atoms with Crippen molar-refractivity contribution >= 4 is 21.4 Å². The molecular weight excluding hydrogens is 296 g/mol. The van der Waals surface area contributed by atoms with Crippen molar-refractivity contribution in [3.05, 3.63) is 28.3 Å². The van der Waals surface area contributed by atoms with Crippen molar-refractivity contribution in [3.63, 3.8) is 0 Å². The number of anilines is 1. The summed E-state index contributed by atoms with van der Waals surface area (Å²) in [6.07, 6.45) is 1.79. The number of primary sulfonamides is 1. The lowest BCUT2D eigenvalue weighted by Gasteiger charge is -2.30. The summed E-state index contributed by atoms with van der Waals surface area (Å²) in [7, 11) is -1.95. The molecular formula is C12H18N4O4S. The molecule has 9 heteroatoms. The van der Waals surface area contributed by atoms with Crippen LogP contribution in [0.4, 0.5) is 11.4 Å². The fourth-order valence-corrected chi connectivity index (χ4v) is 2.90. The van der Waals surface area contributed by atoms with Gasteiger partial charge in [0.05, 0.1) is 9.82 Å². The third kappa shape index (κ3) is 4.13. The van der Waals surface area contributed by atoms with Crippen LogP contribution in [0.15, 0.2) is 23.1 Å². The van der Waals surface area contributed by atoms with E-state index in [1.807, 2.05) is 7.05 Å². The van der Waals surface area contributed by atoms with Gasteiger partial charge in [-0.1, -0.05) is 0 Å². The maximum atomic E-state index is 11.4. The van der Waals surface area contributed by atoms with E-state index >= 15 is 0 Å². The van der Waals surface area contributed by atoms with Crippen LogP contribution in [0.5, 0.6) is 0 Å². The summed E-state index contributed by atoms with van der Waals surface area (Å²) in [6, 6.07) is 3.79. The number of hydrogen-bond acceptors (Lipinski definition) is 6. The fourth-order valence-electron chi connectivity index (χ4n) is 2.32. The number of non-ortho nitro benzene ring substituents is 1. The van der Waals surface area contributed by atoms with Gasteiger partial charge in [0, 0.05) is 23.9 Å². The number of piperidine rings is 1. The number of benzene rings is 1. The number of hydrogen-bond donors (Lipinski definition) is 2. The Bertz CT molecular complexity index is 639. The zero-order valence-corrected chi connectivity index (χ0v) is 12.5. The Morgan fingerprint density at radius 1 is 1.33 bits per heavy atom. The summed E-state index contributed by atoms with van der Waals surface area (Å²) in [6.45, 7) is 1.85. The molecule has 1 saturated heterocycles. The van der Waals surface area contributed by atoms with Gasteiger partial charge in [-0.3, -0.25) is 10.1 Å². The molecule has 1 aromatic rings. The standard InChI is InChI=1S/C12H18N4O4S/c1-15-4-2-9(3-5-15)14-10-6-11(16(17)18)8-12(7-10)21(13,19)20/h6-9,14H,2-5H2,1H3,(H2,13,19,20). The second-order valence-corrected chi connectivity index (χ2v) is 6.80. The number of nitro benzene ring substituents is 1. The number of sulfonamides is 1. The van der Waals surface area contributed by atoms with Crippen LogP contribution in [-0.4, -0.2) is 44.4 Å². The van der Waals surface area contributed by atoms with Gasteiger partial charge in [0.15, 0.2) is 0 Å². The van der Waals surface area contributed by atoms with E-state index in [2.05, 4.69) is 10.2 Å². The minimum Gasteiger partial charge on any atom is -0.382 e. The first-order valence-corrected chi connectivity index (χ1v) is 8.08. The summed E-state index contributed by atoms with van der Waals surface area (Å²) < 4.78 is 22.8. The smallest absolute Gasteiger partial charge is 0.272 e. The quantitative estimate of drug-likeness (QED) is 0.625. The molecule has 0 saturated carbocycles. The minimum absolute atomic E-state index is 0.163. The van der Waals surface area contributed by atoms with Gasteiger partial charge in [0.1, 0.15) is 0 Å². The van der Waals surface area contributed by atoms with Gasteiger partial charge in [-0.2, -0.15) is 0 Å². The molecule has 0 aromatic heterocycles. The molecule has 0 unspecified atom stereocenters. The molecule has 1 fully saturated rings. The van der Waals surface area contributed by atoms with Crippen LogP contribution in [0.2, 0.25) is 0 Å². The normalized spacial score (nSPS) is 17.6. The number of nitrogens with one attached hydrogen (secondary N) is 1. The highest BCUT2D eigenvalue weighted by molar-refractivity contribution is 7.89. The molecule has 0 radical (unpaired) electrons. The zero-order chi connectivity index (χ0) is 15.6. The van der Waals surface area contributed by atoms with Crippen LogP contribution < -0.4 is 10.5 Å². The van der Waals surface area contributed by atoms with Crippen LogP contribution in [0.25, 0.3) is 0 Å². The first-order chi connectivity index (χ1) is 9.75. The predicted molar refractivity (Wildman–Crippen MR) is 78.6 cm³/mol. The van der Waals surface area contributed by atoms with Gasteiger partial charge < -0.3 is 10.2 Å². The Hall–Kier alpha value is -1.71. The van der Waals surface area contributed by atoms with E-state index in [1.54, 1.807) is 0 Å².